The molecule has 0 saturated heterocycles. The third kappa shape index (κ3) is 5.59. The third-order valence-electron chi connectivity index (χ3n) is 3.42. The fourth-order valence-electron chi connectivity index (χ4n) is 2.29. The van der Waals surface area contributed by atoms with Crippen LogP contribution in [0.15, 0.2) is 50.9 Å². The van der Waals surface area contributed by atoms with Gasteiger partial charge in [-0.05, 0) is 81.6 Å². The fraction of sp³-hybridized carbons (Fsp3) is 0.200. The van der Waals surface area contributed by atoms with E-state index in [1.165, 1.54) is 6.08 Å². The summed E-state index contributed by atoms with van der Waals surface area (Å²) < 4.78 is 12.6. The fourth-order valence-corrected chi connectivity index (χ4v) is 3.24. The van der Waals surface area contributed by atoms with Crippen LogP contribution in [0.2, 0.25) is 0 Å². The van der Waals surface area contributed by atoms with E-state index >= 15 is 0 Å². The Kier molecular flexibility index (Phi) is 7.89. The van der Waals surface area contributed by atoms with Gasteiger partial charge in [0.25, 0.3) is 5.91 Å². The van der Waals surface area contributed by atoms with Gasteiger partial charge in [0.1, 0.15) is 11.6 Å². The lowest BCUT2D eigenvalue weighted by Crippen LogP contribution is -2.13. The molecule has 5 nitrogen and oxygen atoms in total. The van der Waals surface area contributed by atoms with Crippen molar-refractivity contribution in [3.8, 4) is 17.6 Å². The molecule has 2 rings (SSSR count). The first-order valence-electron chi connectivity index (χ1n) is 8.26. The average Bonchev–Trinajstić information content (AvgIpc) is 2.64. The van der Waals surface area contributed by atoms with E-state index in [0.29, 0.717) is 40.4 Å². The Morgan fingerprint density at radius 2 is 1.85 bits per heavy atom. The highest BCUT2D eigenvalue weighted by Gasteiger charge is 2.14. The van der Waals surface area contributed by atoms with E-state index in [1.54, 1.807) is 24.3 Å². The number of rotatable bonds is 7. The number of carbonyl (C=O) groups excluding carboxylic acids is 1. The summed E-state index contributed by atoms with van der Waals surface area (Å²) in [4.78, 5) is 12.5. The van der Waals surface area contributed by atoms with Crippen molar-refractivity contribution in [2.75, 3.05) is 18.5 Å². The molecule has 1 N–H and O–H groups in total. The van der Waals surface area contributed by atoms with Gasteiger partial charge < -0.3 is 14.8 Å². The van der Waals surface area contributed by atoms with Crippen LogP contribution in [0.1, 0.15) is 19.4 Å². The quantitative estimate of drug-likeness (QED) is 0.405. The van der Waals surface area contributed by atoms with Crippen LogP contribution in [-0.2, 0) is 4.79 Å². The summed E-state index contributed by atoms with van der Waals surface area (Å²) in [6, 6.07) is 12.7. The summed E-state index contributed by atoms with van der Waals surface area (Å²) in [5, 5.41) is 12.2. The number of ether oxygens (including phenoxy) is 2. The summed E-state index contributed by atoms with van der Waals surface area (Å²) in [7, 11) is 0. The minimum Gasteiger partial charge on any atom is -0.490 e. The SMILES string of the molecule is CCOc1cc(/C=C(\C#N)C(=O)Nc2ccccc2Br)cc(Br)c1OCC. The minimum absolute atomic E-state index is 0.0238. The zero-order valence-electron chi connectivity index (χ0n) is 14.9. The molecule has 0 aliphatic carbocycles. The van der Waals surface area contributed by atoms with Crippen LogP contribution in [-0.4, -0.2) is 19.1 Å². The number of benzene rings is 2. The van der Waals surface area contributed by atoms with Crippen molar-refractivity contribution in [2.45, 2.75) is 13.8 Å². The second kappa shape index (κ2) is 10.1. The van der Waals surface area contributed by atoms with Crippen molar-refractivity contribution in [3.05, 3.63) is 56.5 Å². The Bertz CT molecular complexity index is 905. The Hall–Kier alpha value is -2.30. The maximum absolute atomic E-state index is 12.5. The normalized spacial score (nSPS) is 10.9. The molecule has 0 fully saturated rings. The largest absolute Gasteiger partial charge is 0.490 e. The number of anilines is 1. The van der Waals surface area contributed by atoms with E-state index in [1.807, 2.05) is 32.0 Å². The van der Waals surface area contributed by atoms with Gasteiger partial charge >= 0.3 is 0 Å². The van der Waals surface area contributed by atoms with Crippen LogP contribution in [0.5, 0.6) is 11.5 Å². The van der Waals surface area contributed by atoms with Crippen molar-refractivity contribution in [1.29, 1.82) is 5.26 Å². The van der Waals surface area contributed by atoms with E-state index in [2.05, 4.69) is 37.2 Å². The van der Waals surface area contributed by atoms with Crippen LogP contribution in [0, 0.1) is 11.3 Å². The summed E-state index contributed by atoms with van der Waals surface area (Å²) >= 11 is 6.83. The van der Waals surface area contributed by atoms with Crippen molar-refractivity contribution < 1.29 is 14.3 Å². The lowest BCUT2D eigenvalue weighted by atomic mass is 10.1. The van der Waals surface area contributed by atoms with Crippen LogP contribution >= 0.6 is 31.9 Å². The van der Waals surface area contributed by atoms with Gasteiger partial charge in [-0.3, -0.25) is 4.79 Å². The van der Waals surface area contributed by atoms with Crippen LogP contribution in [0.25, 0.3) is 6.08 Å². The number of halogens is 2. The number of nitrogens with zero attached hydrogens (tertiary/aromatic N) is 1. The highest BCUT2D eigenvalue weighted by Crippen LogP contribution is 2.37. The van der Waals surface area contributed by atoms with Crippen molar-refractivity contribution >= 4 is 49.5 Å². The van der Waals surface area contributed by atoms with E-state index in [9.17, 15) is 10.1 Å². The van der Waals surface area contributed by atoms with E-state index in [-0.39, 0.29) is 5.57 Å². The predicted molar refractivity (Wildman–Crippen MR) is 113 cm³/mol. The predicted octanol–water partition coefficient (Wildman–Crippen LogP) is 5.55. The maximum Gasteiger partial charge on any atom is 0.266 e. The van der Waals surface area contributed by atoms with Gasteiger partial charge in [0, 0.05) is 4.47 Å². The standard InChI is InChI=1S/C20H18Br2N2O3/c1-3-26-18-11-13(10-16(22)19(18)27-4-2)9-14(12-23)20(25)24-17-8-6-5-7-15(17)21/h5-11H,3-4H2,1-2H3,(H,24,25)/b14-9+. The molecule has 27 heavy (non-hydrogen) atoms. The number of amides is 1. The number of carbonyl (C=O) groups is 1. The summed E-state index contributed by atoms with van der Waals surface area (Å²) in [6.45, 7) is 4.72. The van der Waals surface area contributed by atoms with Gasteiger partial charge in [-0.2, -0.15) is 5.26 Å². The Balaban J connectivity index is 2.35. The maximum atomic E-state index is 12.5. The molecular weight excluding hydrogens is 476 g/mol. The van der Waals surface area contributed by atoms with Crippen molar-refractivity contribution in [3.63, 3.8) is 0 Å². The molecule has 0 unspecified atom stereocenters. The van der Waals surface area contributed by atoms with Gasteiger partial charge in [-0.25, -0.2) is 0 Å². The molecule has 0 aliphatic heterocycles. The van der Waals surface area contributed by atoms with Gasteiger partial charge in [-0.1, -0.05) is 12.1 Å². The molecule has 0 radical (unpaired) electrons. The molecule has 2 aromatic carbocycles. The minimum atomic E-state index is -0.493. The molecule has 0 aliphatic rings. The number of nitriles is 1. The topological polar surface area (TPSA) is 71.3 Å². The first-order chi connectivity index (χ1) is 13.0. The summed E-state index contributed by atoms with van der Waals surface area (Å²) in [5.41, 5.74) is 1.21. The molecule has 1 amide bonds. The second-order valence-electron chi connectivity index (χ2n) is 5.30. The van der Waals surface area contributed by atoms with Gasteiger partial charge in [0.15, 0.2) is 11.5 Å². The highest BCUT2D eigenvalue weighted by molar-refractivity contribution is 9.11. The van der Waals surface area contributed by atoms with Crippen LogP contribution < -0.4 is 14.8 Å². The zero-order chi connectivity index (χ0) is 19.8. The summed E-state index contributed by atoms with van der Waals surface area (Å²) in [5.74, 6) is 0.642. The Morgan fingerprint density at radius 3 is 2.48 bits per heavy atom. The van der Waals surface area contributed by atoms with Crippen molar-refractivity contribution in [2.24, 2.45) is 0 Å². The molecule has 0 spiro atoms. The van der Waals surface area contributed by atoms with E-state index < -0.39 is 5.91 Å². The molecule has 0 heterocycles. The second-order valence-corrected chi connectivity index (χ2v) is 7.01. The molecule has 0 aromatic heterocycles. The highest BCUT2D eigenvalue weighted by atomic mass is 79.9. The molecule has 0 atom stereocenters. The first kappa shape index (κ1) is 21.0. The number of para-hydroxylation sites is 1. The lowest BCUT2D eigenvalue weighted by Gasteiger charge is -2.13. The van der Waals surface area contributed by atoms with Crippen LogP contribution in [0.3, 0.4) is 0 Å². The molecule has 140 valence electrons. The number of hydrogen-bond donors (Lipinski definition) is 1. The monoisotopic (exact) mass is 492 g/mol. The first-order valence-corrected chi connectivity index (χ1v) is 9.85. The lowest BCUT2D eigenvalue weighted by molar-refractivity contribution is -0.112. The van der Waals surface area contributed by atoms with Gasteiger partial charge in [0.2, 0.25) is 0 Å². The third-order valence-corrected chi connectivity index (χ3v) is 4.70. The molecule has 0 bridgehead atoms. The molecule has 7 heteroatoms. The summed E-state index contributed by atoms with van der Waals surface area (Å²) in [6.07, 6.45) is 1.51. The van der Waals surface area contributed by atoms with Gasteiger partial charge in [-0.15, -0.1) is 0 Å². The number of hydrogen-bond acceptors (Lipinski definition) is 4. The Morgan fingerprint density at radius 1 is 1.15 bits per heavy atom. The number of nitrogens with one attached hydrogen (secondary N) is 1. The zero-order valence-corrected chi connectivity index (χ0v) is 18.1. The molecular formula is C20H18Br2N2O3. The van der Waals surface area contributed by atoms with Gasteiger partial charge in [0.05, 0.1) is 23.4 Å². The molecule has 2 aromatic rings. The molecule has 0 saturated carbocycles. The smallest absolute Gasteiger partial charge is 0.266 e. The van der Waals surface area contributed by atoms with E-state index in [0.717, 1.165) is 4.47 Å². The van der Waals surface area contributed by atoms with E-state index in [4.69, 9.17) is 9.47 Å². The average molecular weight is 494 g/mol. The van der Waals surface area contributed by atoms with Crippen LogP contribution in [0.4, 0.5) is 5.69 Å². The Labute approximate surface area is 175 Å². The van der Waals surface area contributed by atoms with Crippen molar-refractivity contribution in [1.82, 2.24) is 0 Å².